The molecule has 0 spiro atoms. The van der Waals surface area contributed by atoms with Gasteiger partial charge in [-0.2, -0.15) is 15.2 Å². The summed E-state index contributed by atoms with van der Waals surface area (Å²) in [7, 11) is 2.96. The van der Waals surface area contributed by atoms with Gasteiger partial charge in [0.15, 0.2) is 5.65 Å². The van der Waals surface area contributed by atoms with Crippen LogP contribution in [0.2, 0.25) is 0 Å². The van der Waals surface area contributed by atoms with Crippen LogP contribution in [0.25, 0.3) is 22.6 Å². The highest BCUT2D eigenvalue weighted by molar-refractivity contribution is 5.79. The van der Waals surface area contributed by atoms with Crippen molar-refractivity contribution in [2.75, 3.05) is 14.2 Å². The van der Waals surface area contributed by atoms with E-state index in [0.29, 0.717) is 45.1 Å². The van der Waals surface area contributed by atoms with Gasteiger partial charge in [0.1, 0.15) is 29.0 Å². The number of ether oxygens (including phenoxy) is 2. The Labute approximate surface area is 171 Å². The molecular formula is C21H17FN6O2. The third kappa shape index (κ3) is 3.39. The molecule has 0 aliphatic heterocycles. The maximum Gasteiger partial charge on any atom is 0.318 e. The summed E-state index contributed by atoms with van der Waals surface area (Å²) >= 11 is 0. The van der Waals surface area contributed by atoms with Crippen molar-refractivity contribution in [2.24, 2.45) is 0 Å². The van der Waals surface area contributed by atoms with Crippen molar-refractivity contribution in [2.45, 2.75) is 13.5 Å². The summed E-state index contributed by atoms with van der Waals surface area (Å²) in [6.45, 7) is 1.95. The molecule has 3 heterocycles. The Morgan fingerprint density at radius 1 is 1.10 bits per heavy atom. The first-order valence-electron chi connectivity index (χ1n) is 9.01. The molecule has 0 bridgehead atoms. The zero-order chi connectivity index (χ0) is 21.3. The molecular weight excluding hydrogens is 387 g/mol. The van der Waals surface area contributed by atoms with Crippen LogP contribution in [0.4, 0.5) is 4.39 Å². The number of hydrogen-bond donors (Lipinski definition) is 0. The van der Waals surface area contributed by atoms with E-state index in [9.17, 15) is 9.65 Å². The molecule has 4 aromatic rings. The predicted octanol–water partition coefficient (Wildman–Crippen LogP) is 3.27. The Bertz CT molecular complexity index is 1290. The number of aryl methyl sites for hydroxylation is 1. The normalized spacial score (nSPS) is 10.8. The number of pyridine rings is 1. The zero-order valence-corrected chi connectivity index (χ0v) is 16.5. The first-order chi connectivity index (χ1) is 14.5. The van der Waals surface area contributed by atoms with E-state index in [4.69, 9.17) is 9.47 Å². The molecule has 0 saturated heterocycles. The number of fused-ring (bicyclic) bond motifs is 1. The molecule has 8 nitrogen and oxygen atoms in total. The summed E-state index contributed by atoms with van der Waals surface area (Å²) in [4.78, 5) is 17.5. The Morgan fingerprint density at radius 2 is 1.93 bits per heavy atom. The predicted molar refractivity (Wildman–Crippen MR) is 107 cm³/mol. The fourth-order valence-corrected chi connectivity index (χ4v) is 3.15. The minimum Gasteiger partial charge on any atom is -0.497 e. The lowest BCUT2D eigenvalue weighted by Crippen LogP contribution is -2.06. The number of halogens is 1. The molecule has 0 atom stereocenters. The van der Waals surface area contributed by atoms with E-state index >= 15 is 0 Å². The molecule has 0 radical (unpaired) electrons. The van der Waals surface area contributed by atoms with Crippen LogP contribution in [0.15, 0.2) is 36.7 Å². The summed E-state index contributed by atoms with van der Waals surface area (Å²) in [5.41, 5.74) is 3.10. The van der Waals surface area contributed by atoms with Crippen LogP contribution >= 0.6 is 0 Å². The SMILES string of the molecule is COc1ccc(Cn2c(-c3cncc(C#N)c3)nc3c(C)nc(OC)nc32)c(F)c1. The number of aromatic nitrogens is 5. The van der Waals surface area contributed by atoms with Crippen LogP contribution in [0.5, 0.6) is 11.8 Å². The molecule has 3 aromatic heterocycles. The maximum absolute atomic E-state index is 14.7. The van der Waals surface area contributed by atoms with Gasteiger partial charge in [-0.05, 0) is 19.1 Å². The van der Waals surface area contributed by atoms with E-state index in [1.165, 1.54) is 26.5 Å². The summed E-state index contributed by atoms with van der Waals surface area (Å²) in [5, 5.41) is 9.23. The lowest BCUT2D eigenvalue weighted by Gasteiger charge is -2.11. The number of benzene rings is 1. The summed E-state index contributed by atoms with van der Waals surface area (Å²) < 4.78 is 26.7. The van der Waals surface area contributed by atoms with Gasteiger partial charge in [-0.1, -0.05) is 6.07 Å². The molecule has 0 fully saturated rings. The number of hydrogen-bond acceptors (Lipinski definition) is 7. The largest absolute Gasteiger partial charge is 0.497 e. The third-order valence-corrected chi connectivity index (χ3v) is 4.65. The fourth-order valence-electron chi connectivity index (χ4n) is 3.15. The highest BCUT2D eigenvalue weighted by Crippen LogP contribution is 2.28. The summed E-state index contributed by atoms with van der Waals surface area (Å²) in [6.07, 6.45) is 3.07. The summed E-state index contributed by atoms with van der Waals surface area (Å²) in [6, 6.07) is 8.60. The van der Waals surface area contributed by atoms with Gasteiger partial charge < -0.3 is 14.0 Å². The summed E-state index contributed by atoms with van der Waals surface area (Å²) in [5.74, 6) is 0.511. The van der Waals surface area contributed by atoms with Gasteiger partial charge in [-0.25, -0.2) is 9.37 Å². The Hall–Kier alpha value is -4.06. The van der Waals surface area contributed by atoms with E-state index in [-0.39, 0.29) is 12.6 Å². The molecule has 0 N–H and O–H groups in total. The molecule has 0 amide bonds. The second kappa shape index (κ2) is 7.75. The number of methoxy groups -OCH3 is 2. The first kappa shape index (κ1) is 19.3. The smallest absolute Gasteiger partial charge is 0.318 e. The minimum absolute atomic E-state index is 0.151. The van der Waals surface area contributed by atoms with Crippen molar-refractivity contribution in [3.63, 3.8) is 0 Å². The Morgan fingerprint density at radius 3 is 2.63 bits per heavy atom. The number of nitriles is 1. The number of imidazole rings is 1. The quantitative estimate of drug-likeness (QED) is 0.503. The van der Waals surface area contributed by atoms with E-state index in [1.54, 1.807) is 35.9 Å². The van der Waals surface area contributed by atoms with Crippen molar-refractivity contribution in [1.82, 2.24) is 24.5 Å². The Balaban J connectivity index is 1.95. The Kier molecular flexibility index (Phi) is 4.98. The zero-order valence-electron chi connectivity index (χ0n) is 16.5. The van der Waals surface area contributed by atoms with Crippen LogP contribution in [-0.2, 0) is 6.54 Å². The van der Waals surface area contributed by atoms with Crippen molar-refractivity contribution in [1.29, 1.82) is 5.26 Å². The molecule has 0 saturated carbocycles. The molecule has 0 aliphatic carbocycles. The van der Waals surface area contributed by atoms with E-state index in [0.717, 1.165) is 0 Å². The number of rotatable bonds is 5. The van der Waals surface area contributed by atoms with E-state index in [1.807, 2.05) is 0 Å². The standard InChI is InChI=1S/C21H17FN6O2/c1-12-18-20(27-21(25-12)30-3)28(11-14-4-5-16(29-2)7-17(14)22)19(26-18)15-6-13(8-23)9-24-10-15/h4-7,9-10H,11H2,1-3H3. The van der Waals surface area contributed by atoms with Crippen LogP contribution in [0.3, 0.4) is 0 Å². The van der Waals surface area contributed by atoms with Gasteiger partial charge in [0, 0.05) is 29.6 Å². The monoisotopic (exact) mass is 404 g/mol. The van der Waals surface area contributed by atoms with Gasteiger partial charge in [0.05, 0.1) is 32.0 Å². The minimum atomic E-state index is -0.413. The molecule has 150 valence electrons. The third-order valence-electron chi connectivity index (χ3n) is 4.65. The second-order valence-corrected chi connectivity index (χ2v) is 6.52. The lowest BCUT2D eigenvalue weighted by atomic mass is 10.1. The first-order valence-corrected chi connectivity index (χ1v) is 9.01. The fraction of sp³-hybridized carbons (Fsp3) is 0.190. The second-order valence-electron chi connectivity index (χ2n) is 6.52. The maximum atomic E-state index is 14.7. The van der Waals surface area contributed by atoms with Gasteiger partial charge in [-0.3, -0.25) is 4.98 Å². The van der Waals surface area contributed by atoms with Crippen molar-refractivity contribution >= 4 is 11.2 Å². The molecule has 9 heteroatoms. The van der Waals surface area contributed by atoms with Gasteiger partial charge in [-0.15, -0.1) is 0 Å². The highest BCUT2D eigenvalue weighted by Gasteiger charge is 2.20. The van der Waals surface area contributed by atoms with Crippen LogP contribution in [0.1, 0.15) is 16.8 Å². The van der Waals surface area contributed by atoms with Crippen molar-refractivity contribution < 1.29 is 13.9 Å². The molecule has 30 heavy (non-hydrogen) atoms. The highest BCUT2D eigenvalue weighted by atomic mass is 19.1. The molecule has 0 unspecified atom stereocenters. The topological polar surface area (TPSA) is 98.7 Å². The molecule has 1 aromatic carbocycles. The van der Waals surface area contributed by atoms with Crippen molar-refractivity contribution in [3.8, 4) is 29.2 Å². The van der Waals surface area contributed by atoms with E-state index < -0.39 is 5.82 Å². The average Bonchev–Trinajstić information content (AvgIpc) is 3.14. The lowest BCUT2D eigenvalue weighted by molar-refractivity contribution is 0.380. The van der Waals surface area contributed by atoms with Gasteiger partial charge in [0.2, 0.25) is 0 Å². The van der Waals surface area contributed by atoms with Crippen LogP contribution in [0, 0.1) is 24.1 Å². The van der Waals surface area contributed by atoms with Crippen molar-refractivity contribution in [3.05, 3.63) is 59.3 Å². The average molecular weight is 404 g/mol. The van der Waals surface area contributed by atoms with Gasteiger partial charge >= 0.3 is 6.01 Å². The van der Waals surface area contributed by atoms with Crippen LogP contribution < -0.4 is 9.47 Å². The van der Waals surface area contributed by atoms with E-state index in [2.05, 4.69) is 26.0 Å². The van der Waals surface area contributed by atoms with Crippen LogP contribution in [-0.4, -0.2) is 38.7 Å². The van der Waals surface area contributed by atoms with Gasteiger partial charge in [0.25, 0.3) is 0 Å². The molecule has 0 aliphatic rings. The number of nitrogens with zero attached hydrogens (tertiary/aromatic N) is 6. The molecule has 4 rings (SSSR count).